The van der Waals surface area contributed by atoms with Gasteiger partial charge in [-0.15, -0.1) is 0 Å². The van der Waals surface area contributed by atoms with Crippen molar-refractivity contribution < 1.29 is 23.9 Å². The summed E-state index contributed by atoms with van der Waals surface area (Å²) < 4.78 is 10.8. The number of anilines is 2. The third-order valence-corrected chi connectivity index (χ3v) is 6.14. The third-order valence-electron chi connectivity index (χ3n) is 5.43. The van der Waals surface area contributed by atoms with E-state index >= 15 is 0 Å². The molecule has 0 saturated carbocycles. The van der Waals surface area contributed by atoms with Crippen molar-refractivity contribution >= 4 is 58.0 Å². The minimum atomic E-state index is -0.848. The maximum absolute atomic E-state index is 13.5. The normalized spacial score (nSPS) is 15.2. The number of hydrogen-bond donors (Lipinski definition) is 2. The molecule has 1 atom stereocenters. The average Bonchev–Trinajstić information content (AvgIpc) is 3.07. The first-order chi connectivity index (χ1) is 17.2. The predicted octanol–water partition coefficient (Wildman–Crippen LogP) is 3.60. The Labute approximate surface area is 220 Å². The molecular formula is C25H29ClN4O5S. The van der Waals surface area contributed by atoms with Crippen molar-refractivity contribution in [1.29, 1.82) is 0 Å². The molecule has 1 unspecified atom stereocenters. The van der Waals surface area contributed by atoms with Gasteiger partial charge in [-0.2, -0.15) is 0 Å². The Bertz CT molecular complexity index is 1130. The molecule has 36 heavy (non-hydrogen) atoms. The van der Waals surface area contributed by atoms with Crippen LogP contribution in [0, 0.1) is 0 Å². The van der Waals surface area contributed by atoms with Crippen LogP contribution in [0.5, 0.6) is 11.5 Å². The first kappa shape index (κ1) is 27.2. The van der Waals surface area contributed by atoms with Gasteiger partial charge in [0.25, 0.3) is 5.91 Å². The average molecular weight is 533 g/mol. The number of amides is 3. The van der Waals surface area contributed by atoms with Gasteiger partial charge in [0, 0.05) is 25.7 Å². The van der Waals surface area contributed by atoms with Crippen LogP contribution in [-0.2, 0) is 14.4 Å². The van der Waals surface area contributed by atoms with Crippen LogP contribution in [-0.4, -0.2) is 60.6 Å². The number of ether oxygens (including phenoxy) is 2. The fourth-order valence-electron chi connectivity index (χ4n) is 3.71. The smallest absolute Gasteiger partial charge is 0.256 e. The molecular weight excluding hydrogens is 504 g/mol. The van der Waals surface area contributed by atoms with E-state index in [1.54, 1.807) is 47.4 Å². The summed E-state index contributed by atoms with van der Waals surface area (Å²) in [5.41, 5.74) is 1.05. The van der Waals surface area contributed by atoms with Crippen molar-refractivity contribution in [2.24, 2.45) is 0 Å². The molecule has 0 radical (unpaired) electrons. The van der Waals surface area contributed by atoms with Gasteiger partial charge in [0.1, 0.15) is 17.5 Å². The quantitative estimate of drug-likeness (QED) is 0.426. The summed E-state index contributed by atoms with van der Waals surface area (Å²) in [5.74, 6) is 0.262. The Morgan fingerprint density at radius 2 is 1.89 bits per heavy atom. The van der Waals surface area contributed by atoms with Gasteiger partial charge in [-0.1, -0.05) is 18.5 Å². The fraction of sp³-hybridized carbons (Fsp3) is 0.360. The van der Waals surface area contributed by atoms with E-state index in [9.17, 15) is 14.4 Å². The fourth-order valence-corrected chi connectivity index (χ4v) is 4.38. The van der Waals surface area contributed by atoms with Crippen LogP contribution >= 0.6 is 23.8 Å². The highest BCUT2D eigenvalue weighted by molar-refractivity contribution is 7.80. The zero-order chi connectivity index (χ0) is 26.2. The second kappa shape index (κ2) is 12.5. The van der Waals surface area contributed by atoms with Crippen molar-refractivity contribution in [2.45, 2.75) is 32.7 Å². The van der Waals surface area contributed by atoms with Crippen molar-refractivity contribution in [3.63, 3.8) is 0 Å². The zero-order valence-electron chi connectivity index (χ0n) is 20.4. The Balaban J connectivity index is 1.77. The summed E-state index contributed by atoms with van der Waals surface area (Å²) in [7, 11) is 1.50. The van der Waals surface area contributed by atoms with E-state index in [1.165, 1.54) is 18.9 Å². The van der Waals surface area contributed by atoms with Crippen LogP contribution in [0.3, 0.4) is 0 Å². The summed E-state index contributed by atoms with van der Waals surface area (Å²) in [6.07, 6.45) is 0.765. The number of halogens is 1. The second-order valence-corrected chi connectivity index (χ2v) is 8.86. The molecule has 1 saturated heterocycles. The van der Waals surface area contributed by atoms with Gasteiger partial charge < -0.3 is 25.0 Å². The van der Waals surface area contributed by atoms with Gasteiger partial charge in [-0.3, -0.25) is 19.3 Å². The predicted molar refractivity (Wildman–Crippen MR) is 143 cm³/mol. The zero-order valence-corrected chi connectivity index (χ0v) is 21.9. The number of carbonyl (C=O) groups excluding carboxylic acids is 3. The van der Waals surface area contributed by atoms with Crippen molar-refractivity contribution in [3.05, 3.63) is 47.5 Å². The first-order valence-corrected chi connectivity index (χ1v) is 12.3. The highest BCUT2D eigenvalue weighted by Gasteiger charge is 2.44. The van der Waals surface area contributed by atoms with Gasteiger partial charge in [-0.25, -0.2) is 0 Å². The minimum Gasteiger partial charge on any atom is -0.495 e. The summed E-state index contributed by atoms with van der Waals surface area (Å²) in [5, 5.41) is 6.06. The molecule has 192 valence electrons. The van der Waals surface area contributed by atoms with Crippen molar-refractivity contribution in [2.75, 3.05) is 37.0 Å². The molecule has 11 heteroatoms. The molecule has 1 heterocycles. The Morgan fingerprint density at radius 1 is 1.17 bits per heavy atom. The number of thiocarbonyl (C=S) groups is 1. The summed E-state index contributed by atoms with van der Waals surface area (Å²) in [6.45, 7) is 4.56. The van der Waals surface area contributed by atoms with Crippen molar-refractivity contribution in [3.8, 4) is 11.5 Å². The lowest BCUT2D eigenvalue weighted by atomic mass is 10.1. The summed E-state index contributed by atoms with van der Waals surface area (Å²) >= 11 is 11.9. The van der Waals surface area contributed by atoms with Gasteiger partial charge in [0.2, 0.25) is 11.8 Å². The van der Waals surface area contributed by atoms with Gasteiger partial charge >= 0.3 is 0 Å². The molecule has 1 fully saturated rings. The monoisotopic (exact) mass is 532 g/mol. The van der Waals surface area contributed by atoms with Crippen molar-refractivity contribution in [1.82, 2.24) is 10.2 Å². The number of rotatable bonds is 11. The van der Waals surface area contributed by atoms with Crippen LogP contribution in [0.2, 0.25) is 5.02 Å². The van der Waals surface area contributed by atoms with E-state index in [0.717, 1.165) is 6.42 Å². The molecule has 9 nitrogen and oxygen atoms in total. The molecule has 0 aromatic heterocycles. The number of carbonyl (C=O) groups is 3. The minimum absolute atomic E-state index is 0.131. The molecule has 3 rings (SSSR count). The maximum atomic E-state index is 13.5. The number of methoxy groups -OCH3 is 1. The van der Waals surface area contributed by atoms with Crippen LogP contribution in [0.4, 0.5) is 11.4 Å². The topological polar surface area (TPSA) is 100 Å². The lowest BCUT2D eigenvalue weighted by Gasteiger charge is -2.24. The van der Waals surface area contributed by atoms with Crippen LogP contribution in [0.25, 0.3) is 0 Å². The van der Waals surface area contributed by atoms with E-state index in [-0.39, 0.29) is 42.3 Å². The lowest BCUT2D eigenvalue weighted by Crippen LogP contribution is -2.42. The van der Waals surface area contributed by atoms with E-state index < -0.39 is 6.04 Å². The molecule has 0 bridgehead atoms. The number of nitrogens with one attached hydrogen (secondary N) is 2. The molecule has 3 amide bonds. The van der Waals surface area contributed by atoms with Crippen LogP contribution < -0.4 is 25.0 Å². The molecule has 2 N–H and O–H groups in total. The van der Waals surface area contributed by atoms with Gasteiger partial charge in [0.05, 0.1) is 30.8 Å². The SMILES string of the molecule is CCCOc1ccc(NC(=O)CC2C(=O)N(c3ccc(OC)c(Cl)c3)C(=S)N2CCNC(C)=O)cc1. The van der Waals surface area contributed by atoms with Gasteiger partial charge in [0.15, 0.2) is 5.11 Å². The second-order valence-electron chi connectivity index (χ2n) is 8.09. The van der Waals surface area contributed by atoms with Crippen LogP contribution in [0.1, 0.15) is 26.7 Å². The molecule has 1 aliphatic rings. The number of hydrogen-bond acceptors (Lipinski definition) is 6. The summed E-state index contributed by atoms with van der Waals surface area (Å²) in [6, 6.07) is 11.1. The van der Waals surface area contributed by atoms with E-state index in [1.807, 2.05) is 6.92 Å². The first-order valence-electron chi connectivity index (χ1n) is 11.5. The van der Waals surface area contributed by atoms with E-state index in [0.29, 0.717) is 34.5 Å². The highest BCUT2D eigenvalue weighted by Crippen LogP contribution is 2.33. The number of nitrogens with zero attached hydrogens (tertiary/aromatic N) is 2. The maximum Gasteiger partial charge on any atom is 0.256 e. The standard InChI is InChI=1S/C25H29ClN4O5S/c1-4-13-35-19-8-5-17(6-9-19)28-23(32)15-21-24(33)30(18-7-10-22(34-3)20(26)14-18)25(36)29(21)12-11-27-16(2)31/h5-10,14,21H,4,11-13,15H2,1-3H3,(H,27,31)(H,28,32). The number of benzene rings is 2. The van der Waals surface area contributed by atoms with Crippen LogP contribution in [0.15, 0.2) is 42.5 Å². The molecule has 0 spiro atoms. The van der Waals surface area contributed by atoms with E-state index in [4.69, 9.17) is 33.3 Å². The molecule has 2 aromatic carbocycles. The largest absolute Gasteiger partial charge is 0.495 e. The highest BCUT2D eigenvalue weighted by atomic mass is 35.5. The summed E-state index contributed by atoms with van der Waals surface area (Å²) in [4.78, 5) is 40.7. The van der Waals surface area contributed by atoms with E-state index in [2.05, 4.69) is 10.6 Å². The lowest BCUT2D eigenvalue weighted by molar-refractivity contribution is -0.124. The Morgan fingerprint density at radius 3 is 2.50 bits per heavy atom. The Kier molecular flexibility index (Phi) is 9.49. The Hall–Kier alpha value is -3.37. The third kappa shape index (κ3) is 6.64. The van der Waals surface area contributed by atoms with Gasteiger partial charge in [-0.05, 0) is 61.1 Å². The molecule has 0 aliphatic carbocycles. The molecule has 2 aromatic rings. The molecule has 1 aliphatic heterocycles.